The third-order valence-corrected chi connectivity index (χ3v) is 7.37. The molecule has 0 amide bonds. The number of piperazine rings is 1. The maximum absolute atomic E-state index is 4.18. The molecule has 4 nitrogen and oxygen atoms in total. The lowest BCUT2D eigenvalue weighted by Gasteiger charge is -2.39. The molecule has 0 spiro atoms. The van der Waals surface area contributed by atoms with Gasteiger partial charge in [-0.2, -0.15) is 0 Å². The number of nitrogens with zero attached hydrogens (tertiary/aromatic N) is 3. The van der Waals surface area contributed by atoms with Crippen LogP contribution in [0.15, 0.2) is 41.4 Å². The van der Waals surface area contributed by atoms with Gasteiger partial charge in [-0.1, -0.05) is 32.0 Å². The number of aromatic nitrogens is 1. The number of rotatable bonds is 3. The number of benzene rings is 2. The normalized spacial score (nSPS) is 18.7. The lowest BCUT2D eigenvalue weighted by molar-refractivity contribution is 0.209. The van der Waals surface area contributed by atoms with Crippen molar-refractivity contribution < 1.29 is 0 Å². The molecule has 3 aromatic rings. The molecule has 0 bridgehead atoms. The first-order valence-electron chi connectivity index (χ1n) is 11.6. The van der Waals surface area contributed by atoms with E-state index in [0.29, 0.717) is 6.04 Å². The van der Waals surface area contributed by atoms with E-state index < -0.39 is 0 Å². The van der Waals surface area contributed by atoms with Crippen LogP contribution in [0.4, 0.5) is 5.69 Å². The molecule has 0 radical (unpaired) electrons. The summed E-state index contributed by atoms with van der Waals surface area (Å²) in [7, 11) is 1.82. The van der Waals surface area contributed by atoms with Crippen LogP contribution in [0.5, 0.6) is 0 Å². The molecule has 4 heteroatoms. The molecule has 1 saturated heterocycles. The molecule has 2 aromatic carbocycles. The number of H-pyrrole nitrogens is 1. The summed E-state index contributed by atoms with van der Waals surface area (Å²) < 4.78 is 0. The zero-order valence-corrected chi connectivity index (χ0v) is 19.5. The second-order valence-electron chi connectivity index (χ2n) is 9.93. The van der Waals surface area contributed by atoms with Crippen LogP contribution in [0.2, 0.25) is 0 Å². The van der Waals surface area contributed by atoms with Gasteiger partial charge < -0.3 is 9.88 Å². The summed E-state index contributed by atoms with van der Waals surface area (Å²) in [6.45, 7) is 13.8. The minimum absolute atomic E-state index is 0.0319. The van der Waals surface area contributed by atoms with Crippen molar-refractivity contribution in [2.24, 2.45) is 4.99 Å². The van der Waals surface area contributed by atoms with Crippen molar-refractivity contribution in [1.82, 2.24) is 9.88 Å². The zero-order valence-electron chi connectivity index (χ0n) is 19.5. The highest BCUT2D eigenvalue weighted by atomic mass is 15.3. The summed E-state index contributed by atoms with van der Waals surface area (Å²) in [4.78, 5) is 13.1. The lowest BCUT2D eigenvalue weighted by Crippen LogP contribution is -2.49. The molecule has 1 aliphatic heterocycles. The fourth-order valence-corrected chi connectivity index (χ4v) is 5.57. The van der Waals surface area contributed by atoms with Gasteiger partial charge in [-0.15, -0.1) is 0 Å². The van der Waals surface area contributed by atoms with E-state index in [1.165, 1.54) is 39.0 Å². The molecule has 162 valence electrons. The first kappa shape index (κ1) is 20.3. The summed E-state index contributed by atoms with van der Waals surface area (Å²) in [6, 6.07) is 14.5. The van der Waals surface area contributed by atoms with E-state index in [9.17, 15) is 0 Å². The monoisotopic (exact) mass is 414 g/mol. The molecule has 0 saturated carbocycles. The second-order valence-corrected chi connectivity index (χ2v) is 9.93. The maximum Gasteiger partial charge on any atom is 0.0465 e. The number of anilines is 1. The van der Waals surface area contributed by atoms with Crippen LogP contribution in [0.1, 0.15) is 55.6 Å². The van der Waals surface area contributed by atoms with Crippen molar-refractivity contribution >= 4 is 22.8 Å². The molecular formula is C27H34N4. The largest absolute Gasteiger partial charge is 0.369 e. The SMILES string of the molecule is C/N=C\c1ccc2c3c([nH]c2c1)C(C)(C)c1ccc(N2CCN(C(C)C)CC2)cc1C3. The van der Waals surface area contributed by atoms with Crippen LogP contribution in [-0.4, -0.2) is 55.4 Å². The van der Waals surface area contributed by atoms with E-state index in [2.05, 4.69) is 83.9 Å². The Balaban J connectivity index is 1.50. The Hall–Kier alpha value is -2.59. The van der Waals surface area contributed by atoms with Crippen molar-refractivity contribution in [2.75, 3.05) is 38.1 Å². The Morgan fingerprint density at radius 2 is 1.81 bits per heavy atom. The van der Waals surface area contributed by atoms with E-state index in [4.69, 9.17) is 0 Å². The molecule has 5 rings (SSSR count). The summed E-state index contributed by atoms with van der Waals surface area (Å²) >= 11 is 0. The van der Waals surface area contributed by atoms with Gasteiger partial charge in [0.1, 0.15) is 0 Å². The highest BCUT2D eigenvalue weighted by Gasteiger charge is 2.35. The van der Waals surface area contributed by atoms with Crippen LogP contribution < -0.4 is 4.90 Å². The Morgan fingerprint density at radius 3 is 2.52 bits per heavy atom. The molecule has 0 atom stereocenters. The highest BCUT2D eigenvalue weighted by Crippen LogP contribution is 2.44. The summed E-state index contributed by atoms with van der Waals surface area (Å²) in [5.41, 5.74) is 9.44. The molecule has 31 heavy (non-hydrogen) atoms. The van der Waals surface area contributed by atoms with Gasteiger partial charge in [0.2, 0.25) is 0 Å². The molecule has 2 heterocycles. The van der Waals surface area contributed by atoms with Gasteiger partial charge in [-0.05, 0) is 54.3 Å². The Labute approximate surface area is 186 Å². The molecule has 1 aromatic heterocycles. The second kappa shape index (κ2) is 7.52. The Kier molecular flexibility index (Phi) is 4.93. The van der Waals surface area contributed by atoms with Crippen molar-refractivity contribution in [3.8, 4) is 0 Å². The number of fused-ring (bicyclic) bond motifs is 4. The van der Waals surface area contributed by atoms with E-state index in [1.54, 1.807) is 0 Å². The average molecular weight is 415 g/mol. The van der Waals surface area contributed by atoms with E-state index in [0.717, 1.165) is 38.2 Å². The van der Waals surface area contributed by atoms with Crippen molar-refractivity contribution in [2.45, 2.75) is 45.6 Å². The Morgan fingerprint density at radius 1 is 1.03 bits per heavy atom. The zero-order chi connectivity index (χ0) is 21.8. The average Bonchev–Trinajstić information content (AvgIpc) is 3.12. The smallest absolute Gasteiger partial charge is 0.0465 e. The molecule has 1 aliphatic carbocycles. The van der Waals surface area contributed by atoms with E-state index >= 15 is 0 Å². The minimum atomic E-state index is -0.0319. The summed E-state index contributed by atoms with van der Waals surface area (Å²) in [5.74, 6) is 0. The van der Waals surface area contributed by atoms with Crippen LogP contribution in [0, 0.1) is 0 Å². The predicted octanol–water partition coefficient (Wildman–Crippen LogP) is 4.98. The van der Waals surface area contributed by atoms with Crippen LogP contribution in [0.25, 0.3) is 10.9 Å². The molecule has 1 N–H and O–H groups in total. The van der Waals surface area contributed by atoms with Gasteiger partial charge in [0.15, 0.2) is 0 Å². The van der Waals surface area contributed by atoms with Gasteiger partial charge in [-0.25, -0.2) is 0 Å². The van der Waals surface area contributed by atoms with E-state index in [-0.39, 0.29) is 5.41 Å². The summed E-state index contributed by atoms with van der Waals surface area (Å²) in [5, 5.41) is 1.35. The fourth-order valence-electron chi connectivity index (χ4n) is 5.57. The Bertz CT molecular complexity index is 1140. The van der Waals surface area contributed by atoms with Gasteiger partial charge >= 0.3 is 0 Å². The standard InChI is InChI=1S/C27H34N4/c1-18(2)30-10-12-31(13-11-30)21-7-9-24-20(15-21)16-23-22-8-6-19(17-28-5)14-25(22)29-26(23)27(24,3)4/h6-9,14-15,17-18,29H,10-13,16H2,1-5H3/b28-17-. The molecular weight excluding hydrogens is 380 g/mol. The quantitative estimate of drug-likeness (QED) is 0.614. The maximum atomic E-state index is 4.18. The topological polar surface area (TPSA) is 34.6 Å². The first-order chi connectivity index (χ1) is 14.9. The number of hydrogen-bond donors (Lipinski definition) is 1. The van der Waals surface area contributed by atoms with Crippen LogP contribution >= 0.6 is 0 Å². The minimum Gasteiger partial charge on any atom is -0.369 e. The number of nitrogens with one attached hydrogen (secondary N) is 1. The van der Waals surface area contributed by atoms with Crippen LogP contribution in [-0.2, 0) is 11.8 Å². The van der Waals surface area contributed by atoms with Crippen LogP contribution in [0.3, 0.4) is 0 Å². The first-order valence-corrected chi connectivity index (χ1v) is 11.6. The lowest BCUT2D eigenvalue weighted by atomic mass is 9.71. The molecule has 2 aliphatic rings. The number of hydrogen-bond acceptors (Lipinski definition) is 3. The molecule has 1 fully saturated rings. The number of aliphatic imine (C=N–C) groups is 1. The summed E-state index contributed by atoms with van der Waals surface area (Å²) in [6.07, 6.45) is 2.92. The van der Waals surface area contributed by atoms with Crippen molar-refractivity contribution in [3.05, 3.63) is 64.3 Å². The number of aromatic amines is 1. The third kappa shape index (κ3) is 3.38. The van der Waals surface area contributed by atoms with Crippen molar-refractivity contribution in [3.63, 3.8) is 0 Å². The fraction of sp³-hybridized carbons (Fsp3) is 0.444. The van der Waals surface area contributed by atoms with Gasteiger partial charge in [0.25, 0.3) is 0 Å². The van der Waals surface area contributed by atoms with Crippen molar-refractivity contribution in [1.29, 1.82) is 0 Å². The van der Waals surface area contributed by atoms with E-state index in [1.807, 2.05) is 13.3 Å². The third-order valence-electron chi connectivity index (χ3n) is 7.37. The predicted molar refractivity (Wildman–Crippen MR) is 132 cm³/mol. The van der Waals surface area contributed by atoms with Gasteiger partial charge in [0.05, 0.1) is 0 Å². The highest BCUT2D eigenvalue weighted by molar-refractivity contribution is 5.92. The van der Waals surface area contributed by atoms with Gasteiger partial charge in [-0.3, -0.25) is 9.89 Å². The van der Waals surface area contributed by atoms with Gasteiger partial charge in [0, 0.05) is 79.6 Å². The molecule has 0 unspecified atom stereocenters.